The molecule has 1 atom stereocenters. The molecular formula is C15H17FN2O4. The molecule has 0 aliphatic carbocycles. The fourth-order valence-electron chi connectivity index (χ4n) is 2.39. The number of benzene rings is 1. The van der Waals surface area contributed by atoms with Crippen molar-refractivity contribution < 1.29 is 23.5 Å². The number of carbonyl (C=O) groups is 3. The third kappa shape index (κ3) is 3.24. The van der Waals surface area contributed by atoms with E-state index in [9.17, 15) is 18.8 Å². The Morgan fingerprint density at radius 2 is 2.14 bits per heavy atom. The largest absolute Gasteiger partial charge is 0.465 e. The quantitative estimate of drug-likeness (QED) is 0.829. The molecule has 6 nitrogen and oxygen atoms in total. The van der Waals surface area contributed by atoms with Crippen molar-refractivity contribution in [3.05, 3.63) is 29.1 Å². The number of amides is 2. The standard InChI is InChI=1S/C15H17FN2O4/c1-8-10(7-6-9(16)13(8)15(21)22-2)18-14(20)11-4-3-5-12(19)17-11/h6-7,11H,3-5H2,1-2H3,(H,17,19)(H,18,20)/t11-/m0/s1. The Hall–Kier alpha value is -2.44. The highest BCUT2D eigenvalue weighted by Crippen LogP contribution is 2.23. The van der Waals surface area contributed by atoms with Crippen molar-refractivity contribution in [1.29, 1.82) is 0 Å². The van der Waals surface area contributed by atoms with Gasteiger partial charge in [-0.3, -0.25) is 9.59 Å². The summed E-state index contributed by atoms with van der Waals surface area (Å²) in [5, 5.41) is 5.22. The molecule has 2 rings (SSSR count). The number of hydrogen-bond acceptors (Lipinski definition) is 4. The van der Waals surface area contributed by atoms with Crippen LogP contribution in [0.1, 0.15) is 35.2 Å². The number of nitrogens with one attached hydrogen (secondary N) is 2. The van der Waals surface area contributed by atoms with Gasteiger partial charge in [0.15, 0.2) is 0 Å². The molecule has 1 aromatic rings. The van der Waals surface area contributed by atoms with E-state index in [4.69, 9.17) is 0 Å². The highest BCUT2D eigenvalue weighted by Gasteiger charge is 2.26. The zero-order chi connectivity index (χ0) is 16.3. The molecule has 22 heavy (non-hydrogen) atoms. The zero-order valence-electron chi connectivity index (χ0n) is 12.4. The summed E-state index contributed by atoms with van der Waals surface area (Å²) < 4.78 is 18.3. The van der Waals surface area contributed by atoms with E-state index < -0.39 is 23.7 Å². The van der Waals surface area contributed by atoms with Gasteiger partial charge < -0.3 is 15.4 Å². The Bertz CT molecular complexity index is 630. The number of ether oxygens (including phenoxy) is 1. The minimum atomic E-state index is -0.808. The van der Waals surface area contributed by atoms with E-state index in [-0.39, 0.29) is 17.0 Å². The van der Waals surface area contributed by atoms with Crippen molar-refractivity contribution >= 4 is 23.5 Å². The molecule has 0 radical (unpaired) electrons. The van der Waals surface area contributed by atoms with Crippen LogP contribution in [0.2, 0.25) is 0 Å². The maximum absolute atomic E-state index is 13.7. The first-order valence-corrected chi connectivity index (χ1v) is 6.91. The molecule has 118 valence electrons. The molecule has 1 aliphatic rings. The Morgan fingerprint density at radius 3 is 2.77 bits per heavy atom. The second-order valence-corrected chi connectivity index (χ2v) is 5.09. The minimum Gasteiger partial charge on any atom is -0.465 e. The molecule has 1 aromatic carbocycles. The van der Waals surface area contributed by atoms with Crippen molar-refractivity contribution in [3.8, 4) is 0 Å². The van der Waals surface area contributed by atoms with Gasteiger partial charge in [-0.1, -0.05) is 0 Å². The van der Waals surface area contributed by atoms with Crippen molar-refractivity contribution in [2.45, 2.75) is 32.2 Å². The van der Waals surface area contributed by atoms with Gasteiger partial charge in [0.25, 0.3) is 0 Å². The number of carbonyl (C=O) groups excluding carboxylic acids is 3. The van der Waals surface area contributed by atoms with Crippen LogP contribution in [0.15, 0.2) is 12.1 Å². The Labute approximate surface area is 127 Å². The van der Waals surface area contributed by atoms with Gasteiger partial charge in [0.1, 0.15) is 17.4 Å². The van der Waals surface area contributed by atoms with Crippen LogP contribution in [0.3, 0.4) is 0 Å². The van der Waals surface area contributed by atoms with Gasteiger partial charge in [0, 0.05) is 12.1 Å². The molecule has 1 fully saturated rings. The fourth-order valence-corrected chi connectivity index (χ4v) is 2.39. The molecular weight excluding hydrogens is 291 g/mol. The van der Waals surface area contributed by atoms with Gasteiger partial charge in [-0.15, -0.1) is 0 Å². The van der Waals surface area contributed by atoms with Crippen LogP contribution in [-0.2, 0) is 14.3 Å². The lowest BCUT2D eigenvalue weighted by Gasteiger charge is -2.23. The maximum atomic E-state index is 13.7. The second kappa shape index (κ2) is 6.55. The predicted molar refractivity (Wildman–Crippen MR) is 76.9 cm³/mol. The average molecular weight is 308 g/mol. The van der Waals surface area contributed by atoms with E-state index in [0.717, 1.165) is 13.2 Å². The molecule has 7 heteroatoms. The molecule has 2 amide bonds. The zero-order valence-corrected chi connectivity index (χ0v) is 12.4. The molecule has 0 spiro atoms. The SMILES string of the molecule is COC(=O)c1c(F)ccc(NC(=O)[C@@H]2CCCC(=O)N2)c1C. The first-order chi connectivity index (χ1) is 10.4. The Morgan fingerprint density at radius 1 is 1.41 bits per heavy atom. The summed E-state index contributed by atoms with van der Waals surface area (Å²) in [6.45, 7) is 1.52. The molecule has 0 bridgehead atoms. The maximum Gasteiger partial charge on any atom is 0.341 e. The molecule has 2 N–H and O–H groups in total. The van der Waals surface area contributed by atoms with Crippen LogP contribution >= 0.6 is 0 Å². The van der Waals surface area contributed by atoms with Gasteiger partial charge in [0.05, 0.1) is 7.11 Å². The minimum absolute atomic E-state index is 0.169. The van der Waals surface area contributed by atoms with Gasteiger partial charge >= 0.3 is 5.97 Å². The monoisotopic (exact) mass is 308 g/mol. The summed E-state index contributed by atoms with van der Waals surface area (Å²) in [5.74, 6) is -2.08. The van der Waals surface area contributed by atoms with E-state index in [2.05, 4.69) is 15.4 Å². The number of anilines is 1. The molecule has 1 saturated heterocycles. The van der Waals surface area contributed by atoms with Gasteiger partial charge in [-0.25, -0.2) is 9.18 Å². The lowest BCUT2D eigenvalue weighted by molar-refractivity contribution is -0.128. The van der Waals surface area contributed by atoms with Gasteiger partial charge in [0.2, 0.25) is 11.8 Å². The number of halogens is 1. The van der Waals surface area contributed by atoms with Crippen LogP contribution in [0, 0.1) is 12.7 Å². The molecule has 0 aromatic heterocycles. The summed E-state index contributed by atoms with van der Waals surface area (Å²) in [4.78, 5) is 35.1. The fraction of sp³-hybridized carbons (Fsp3) is 0.400. The summed E-state index contributed by atoms with van der Waals surface area (Å²) in [6.07, 6.45) is 1.59. The number of esters is 1. The normalized spacial score (nSPS) is 17.6. The number of hydrogen-bond donors (Lipinski definition) is 2. The summed E-state index contributed by atoms with van der Waals surface area (Å²) in [5.41, 5.74) is 0.377. The Balaban J connectivity index is 2.21. The second-order valence-electron chi connectivity index (χ2n) is 5.09. The Kier molecular flexibility index (Phi) is 4.75. The van der Waals surface area contributed by atoms with Gasteiger partial charge in [-0.05, 0) is 37.5 Å². The summed E-state index contributed by atoms with van der Waals surface area (Å²) in [7, 11) is 1.16. The molecule has 1 heterocycles. The topological polar surface area (TPSA) is 84.5 Å². The van der Waals surface area contributed by atoms with Crippen LogP contribution in [-0.4, -0.2) is 30.9 Å². The number of rotatable bonds is 3. The lowest BCUT2D eigenvalue weighted by atomic mass is 10.0. The number of methoxy groups -OCH3 is 1. The molecule has 0 unspecified atom stereocenters. The highest BCUT2D eigenvalue weighted by atomic mass is 19.1. The number of piperidine rings is 1. The van der Waals surface area contributed by atoms with Crippen molar-refractivity contribution in [2.75, 3.05) is 12.4 Å². The smallest absolute Gasteiger partial charge is 0.341 e. The average Bonchev–Trinajstić information content (AvgIpc) is 2.49. The highest BCUT2D eigenvalue weighted by molar-refractivity contribution is 6.00. The van der Waals surface area contributed by atoms with E-state index in [0.29, 0.717) is 24.9 Å². The third-order valence-electron chi connectivity index (χ3n) is 3.61. The first-order valence-electron chi connectivity index (χ1n) is 6.91. The van der Waals surface area contributed by atoms with Crippen molar-refractivity contribution in [3.63, 3.8) is 0 Å². The van der Waals surface area contributed by atoms with Gasteiger partial charge in [-0.2, -0.15) is 0 Å². The van der Waals surface area contributed by atoms with E-state index in [1.54, 1.807) is 0 Å². The molecule has 1 aliphatic heterocycles. The third-order valence-corrected chi connectivity index (χ3v) is 3.61. The summed E-state index contributed by atoms with van der Waals surface area (Å²) >= 11 is 0. The van der Waals surface area contributed by atoms with Crippen LogP contribution in [0.5, 0.6) is 0 Å². The lowest BCUT2D eigenvalue weighted by Crippen LogP contribution is -2.46. The van der Waals surface area contributed by atoms with Crippen LogP contribution in [0.4, 0.5) is 10.1 Å². The molecule has 0 saturated carbocycles. The van der Waals surface area contributed by atoms with Crippen molar-refractivity contribution in [2.24, 2.45) is 0 Å². The van der Waals surface area contributed by atoms with Crippen LogP contribution < -0.4 is 10.6 Å². The van der Waals surface area contributed by atoms with Crippen LogP contribution in [0.25, 0.3) is 0 Å². The predicted octanol–water partition coefficient (Wildman–Crippen LogP) is 1.53. The van der Waals surface area contributed by atoms with E-state index in [1.807, 2.05) is 0 Å². The van der Waals surface area contributed by atoms with E-state index >= 15 is 0 Å². The van der Waals surface area contributed by atoms with Crippen molar-refractivity contribution in [1.82, 2.24) is 5.32 Å². The first kappa shape index (κ1) is 15.9. The van der Waals surface area contributed by atoms with E-state index in [1.165, 1.54) is 13.0 Å². The summed E-state index contributed by atoms with van der Waals surface area (Å²) in [6, 6.07) is 1.85.